The van der Waals surface area contributed by atoms with Gasteiger partial charge in [-0.3, -0.25) is 4.90 Å². The van der Waals surface area contributed by atoms with Crippen LogP contribution >= 0.6 is 0 Å². The van der Waals surface area contributed by atoms with Gasteiger partial charge in [-0.05, 0) is 37.8 Å². The molecule has 3 heteroatoms. The van der Waals surface area contributed by atoms with Crippen molar-refractivity contribution in [2.75, 3.05) is 39.3 Å². The monoisotopic (exact) mass is 253 g/mol. The van der Waals surface area contributed by atoms with E-state index in [0.717, 1.165) is 11.8 Å². The van der Waals surface area contributed by atoms with Gasteiger partial charge in [-0.25, -0.2) is 0 Å². The molecule has 2 aliphatic heterocycles. The zero-order chi connectivity index (χ0) is 13.0. The summed E-state index contributed by atoms with van der Waals surface area (Å²) in [6.45, 7) is 14.5. The Morgan fingerprint density at radius 2 is 1.89 bits per heavy atom. The van der Waals surface area contributed by atoms with Crippen LogP contribution in [0.15, 0.2) is 0 Å². The maximum atomic E-state index is 3.70. The standard InChI is InChI=1S/C15H31N3/c1-4-14-11-15(16-12-14)18-9-7-17(8-10-18)6-5-13(2)3/h13-16H,4-12H2,1-3H3. The Labute approximate surface area is 113 Å². The highest BCUT2D eigenvalue weighted by Crippen LogP contribution is 2.20. The molecule has 3 nitrogen and oxygen atoms in total. The van der Waals surface area contributed by atoms with Crippen LogP contribution < -0.4 is 5.32 Å². The Morgan fingerprint density at radius 1 is 1.17 bits per heavy atom. The second-order valence-corrected chi connectivity index (χ2v) is 6.49. The molecule has 2 atom stereocenters. The Morgan fingerprint density at radius 3 is 2.44 bits per heavy atom. The van der Waals surface area contributed by atoms with E-state index >= 15 is 0 Å². The number of nitrogens with one attached hydrogen (secondary N) is 1. The fourth-order valence-electron chi connectivity index (χ4n) is 3.11. The van der Waals surface area contributed by atoms with Gasteiger partial charge in [0, 0.05) is 26.2 Å². The molecule has 0 aromatic heterocycles. The maximum absolute atomic E-state index is 3.70. The minimum atomic E-state index is 0.669. The van der Waals surface area contributed by atoms with E-state index in [9.17, 15) is 0 Å². The summed E-state index contributed by atoms with van der Waals surface area (Å²) in [6, 6.07) is 0. The molecule has 2 heterocycles. The van der Waals surface area contributed by atoms with Crippen LogP contribution in [0.2, 0.25) is 0 Å². The minimum Gasteiger partial charge on any atom is -0.301 e. The number of piperazine rings is 1. The molecule has 0 spiro atoms. The zero-order valence-electron chi connectivity index (χ0n) is 12.5. The van der Waals surface area contributed by atoms with Crippen LogP contribution in [0.1, 0.15) is 40.0 Å². The molecule has 2 unspecified atom stereocenters. The summed E-state index contributed by atoms with van der Waals surface area (Å²) in [5.74, 6) is 1.75. The molecule has 2 rings (SSSR count). The number of hydrogen-bond acceptors (Lipinski definition) is 3. The molecule has 0 bridgehead atoms. The lowest BCUT2D eigenvalue weighted by atomic mass is 10.0. The van der Waals surface area contributed by atoms with Gasteiger partial charge in [0.15, 0.2) is 0 Å². The molecule has 2 fully saturated rings. The average molecular weight is 253 g/mol. The van der Waals surface area contributed by atoms with E-state index in [2.05, 4.69) is 35.9 Å². The Kier molecular flexibility index (Phi) is 5.46. The van der Waals surface area contributed by atoms with Gasteiger partial charge >= 0.3 is 0 Å². The third-order valence-electron chi connectivity index (χ3n) is 4.65. The molecule has 2 aliphatic rings. The molecule has 0 aromatic rings. The van der Waals surface area contributed by atoms with Crippen LogP contribution in [0, 0.1) is 11.8 Å². The van der Waals surface area contributed by atoms with Gasteiger partial charge in [0.05, 0.1) is 6.17 Å². The zero-order valence-corrected chi connectivity index (χ0v) is 12.5. The summed E-state index contributed by atoms with van der Waals surface area (Å²) in [5, 5.41) is 3.70. The van der Waals surface area contributed by atoms with Crippen LogP contribution in [0.5, 0.6) is 0 Å². The molecule has 0 saturated carbocycles. The van der Waals surface area contributed by atoms with E-state index in [1.54, 1.807) is 0 Å². The first-order valence-corrected chi connectivity index (χ1v) is 7.88. The van der Waals surface area contributed by atoms with Crippen molar-refractivity contribution in [2.45, 2.75) is 46.2 Å². The van der Waals surface area contributed by atoms with Crippen LogP contribution in [0.3, 0.4) is 0 Å². The molecule has 18 heavy (non-hydrogen) atoms. The van der Waals surface area contributed by atoms with Gasteiger partial charge in [0.1, 0.15) is 0 Å². The van der Waals surface area contributed by atoms with Crippen molar-refractivity contribution in [3.63, 3.8) is 0 Å². The van der Waals surface area contributed by atoms with Crippen molar-refractivity contribution in [3.05, 3.63) is 0 Å². The van der Waals surface area contributed by atoms with Crippen LogP contribution in [-0.2, 0) is 0 Å². The molecule has 106 valence electrons. The van der Waals surface area contributed by atoms with E-state index in [-0.39, 0.29) is 0 Å². The van der Waals surface area contributed by atoms with E-state index in [1.165, 1.54) is 58.5 Å². The summed E-state index contributed by atoms with van der Waals surface area (Å²) in [6.07, 6.45) is 4.71. The summed E-state index contributed by atoms with van der Waals surface area (Å²) in [7, 11) is 0. The van der Waals surface area contributed by atoms with Gasteiger partial charge in [0.2, 0.25) is 0 Å². The van der Waals surface area contributed by atoms with Crippen molar-refractivity contribution in [2.24, 2.45) is 11.8 Å². The number of hydrogen-bond donors (Lipinski definition) is 1. The SMILES string of the molecule is CCC1CNC(N2CCN(CCC(C)C)CC2)C1. The Balaban J connectivity index is 1.67. The first-order chi connectivity index (χ1) is 8.69. The van der Waals surface area contributed by atoms with Gasteiger partial charge in [-0.1, -0.05) is 27.2 Å². The number of nitrogens with zero attached hydrogens (tertiary/aromatic N) is 2. The fourth-order valence-corrected chi connectivity index (χ4v) is 3.11. The lowest BCUT2D eigenvalue weighted by Gasteiger charge is -2.38. The summed E-state index contributed by atoms with van der Waals surface area (Å²) >= 11 is 0. The molecule has 2 saturated heterocycles. The predicted molar refractivity (Wildman–Crippen MR) is 77.7 cm³/mol. The maximum Gasteiger partial charge on any atom is 0.0601 e. The third kappa shape index (κ3) is 3.94. The van der Waals surface area contributed by atoms with Crippen molar-refractivity contribution in [3.8, 4) is 0 Å². The van der Waals surface area contributed by atoms with Crippen molar-refractivity contribution < 1.29 is 0 Å². The largest absolute Gasteiger partial charge is 0.301 e. The Hall–Kier alpha value is -0.120. The molecule has 0 aliphatic carbocycles. The molecule has 1 N–H and O–H groups in total. The normalized spacial score (nSPS) is 31.3. The van der Waals surface area contributed by atoms with Crippen molar-refractivity contribution >= 4 is 0 Å². The second-order valence-electron chi connectivity index (χ2n) is 6.49. The second kappa shape index (κ2) is 6.88. The van der Waals surface area contributed by atoms with Crippen molar-refractivity contribution in [1.29, 1.82) is 0 Å². The average Bonchev–Trinajstić information content (AvgIpc) is 2.85. The van der Waals surface area contributed by atoms with Crippen LogP contribution in [-0.4, -0.2) is 55.2 Å². The Bertz CT molecular complexity index is 234. The van der Waals surface area contributed by atoms with Gasteiger partial charge in [0.25, 0.3) is 0 Å². The smallest absolute Gasteiger partial charge is 0.0601 e. The first-order valence-electron chi connectivity index (χ1n) is 7.88. The van der Waals surface area contributed by atoms with Crippen LogP contribution in [0.4, 0.5) is 0 Å². The van der Waals surface area contributed by atoms with E-state index in [1.807, 2.05) is 0 Å². The third-order valence-corrected chi connectivity index (χ3v) is 4.65. The van der Waals surface area contributed by atoms with E-state index in [4.69, 9.17) is 0 Å². The van der Waals surface area contributed by atoms with E-state index < -0.39 is 0 Å². The molecule has 0 amide bonds. The molecule has 0 radical (unpaired) electrons. The molecular formula is C15H31N3. The molecular weight excluding hydrogens is 222 g/mol. The predicted octanol–water partition coefficient (Wildman–Crippen LogP) is 2.00. The minimum absolute atomic E-state index is 0.669. The highest BCUT2D eigenvalue weighted by Gasteiger charge is 2.29. The van der Waals surface area contributed by atoms with Crippen molar-refractivity contribution in [1.82, 2.24) is 15.1 Å². The lowest BCUT2D eigenvalue weighted by molar-refractivity contribution is 0.0855. The van der Waals surface area contributed by atoms with Gasteiger partial charge in [-0.15, -0.1) is 0 Å². The topological polar surface area (TPSA) is 18.5 Å². The first kappa shape index (κ1) is 14.3. The summed E-state index contributed by atoms with van der Waals surface area (Å²) in [4.78, 5) is 5.31. The van der Waals surface area contributed by atoms with Gasteiger partial charge in [-0.2, -0.15) is 0 Å². The lowest BCUT2D eigenvalue weighted by Crippen LogP contribution is -2.53. The highest BCUT2D eigenvalue weighted by molar-refractivity contribution is 4.84. The molecule has 0 aromatic carbocycles. The van der Waals surface area contributed by atoms with Crippen LogP contribution in [0.25, 0.3) is 0 Å². The van der Waals surface area contributed by atoms with Gasteiger partial charge < -0.3 is 10.2 Å². The van der Waals surface area contributed by atoms with E-state index in [0.29, 0.717) is 6.17 Å². The number of rotatable bonds is 5. The fraction of sp³-hybridized carbons (Fsp3) is 1.00. The quantitative estimate of drug-likeness (QED) is 0.808. The summed E-state index contributed by atoms with van der Waals surface area (Å²) < 4.78 is 0. The summed E-state index contributed by atoms with van der Waals surface area (Å²) in [5.41, 5.74) is 0. The highest BCUT2D eigenvalue weighted by atomic mass is 15.3.